The SMILES string of the molecule is COc1nc2ccccc2nc1CCC(=O)N1CCC2(CC1)CC(OC)CN(C)C2=O. The number of aromatic nitrogens is 2. The number of fused-ring (bicyclic) bond motifs is 1. The van der Waals surface area contributed by atoms with Crippen LogP contribution in [0, 0.1) is 5.41 Å². The molecule has 2 saturated heterocycles. The van der Waals surface area contributed by atoms with Gasteiger partial charge in [0.15, 0.2) is 0 Å². The Kier molecular flexibility index (Phi) is 6.09. The van der Waals surface area contributed by atoms with Crippen molar-refractivity contribution in [1.82, 2.24) is 19.8 Å². The number of para-hydroxylation sites is 2. The first-order valence-corrected chi connectivity index (χ1v) is 10.8. The molecule has 8 heteroatoms. The number of benzene rings is 1. The lowest BCUT2D eigenvalue weighted by atomic mass is 9.71. The number of hydrogen-bond acceptors (Lipinski definition) is 6. The van der Waals surface area contributed by atoms with E-state index in [1.165, 1.54) is 0 Å². The standard InChI is InChI=1S/C23H30N4O4/c1-26-15-16(30-2)14-23(22(26)29)10-12-27(13-11-23)20(28)9-8-19-21(31-3)25-18-7-5-4-6-17(18)24-19/h4-7,16H,8-15H2,1-3H3. The fourth-order valence-corrected chi connectivity index (χ4v) is 4.87. The molecule has 3 heterocycles. The van der Waals surface area contributed by atoms with Crippen molar-refractivity contribution in [3.05, 3.63) is 30.0 Å². The lowest BCUT2D eigenvalue weighted by molar-refractivity contribution is -0.158. The number of piperidine rings is 2. The quantitative estimate of drug-likeness (QED) is 0.728. The van der Waals surface area contributed by atoms with E-state index in [0.717, 1.165) is 17.5 Å². The Hall–Kier alpha value is -2.74. The number of carbonyl (C=O) groups is 2. The molecule has 31 heavy (non-hydrogen) atoms. The van der Waals surface area contributed by atoms with Gasteiger partial charge in [0.05, 0.1) is 29.7 Å². The molecule has 2 aromatic rings. The number of methoxy groups -OCH3 is 2. The third kappa shape index (κ3) is 4.21. The van der Waals surface area contributed by atoms with Crippen LogP contribution in [-0.4, -0.2) is 78.6 Å². The zero-order chi connectivity index (χ0) is 22.0. The summed E-state index contributed by atoms with van der Waals surface area (Å²) in [7, 11) is 5.11. The Bertz CT molecular complexity index is 971. The summed E-state index contributed by atoms with van der Waals surface area (Å²) in [4.78, 5) is 38.6. The Morgan fingerprint density at radius 3 is 2.48 bits per heavy atom. The molecule has 0 saturated carbocycles. The molecule has 4 rings (SSSR count). The Balaban J connectivity index is 1.39. The highest BCUT2D eigenvalue weighted by molar-refractivity contribution is 5.84. The lowest BCUT2D eigenvalue weighted by Crippen LogP contribution is -2.57. The molecule has 1 aromatic carbocycles. The first-order chi connectivity index (χ1) is 15.0. The Labute approximate surface area is 182 Å². The Morgan fingerprint density at radius 2 is 1.84 bits per heavy atom. The summed E-state index contributed by atoms with van der Waals surface area (Å²) in [6.45, 7) is 1.82. The van der Waals surface area contributed by atoms with Gasteiger partial charge in [-0.25, -0.2) is 9.97 Å². The van der Waals surface area contributed by atoms with Gasteiger partial charge in [0.2, 0.25) is 17.7 Å². The summed E-state index contributed by atoms with van der Waals surface area (Å²) >= 11 is 0. The summed E-state index contributed by atoms with van der Waals surface area (Å²) < 4.78 is 10.9. The number of nitrogens with zero attached hydrogens (tertiary/aromatic N) is 4. The number of ether oxygens (including phenoxy) is 2. The molecule has 1 atom stereocenters. The average Bonchev–Trinajstić information content (AvgIpc) is 2.80. The van der Waals surface area contributed by atoms with Gasteiger partial charge in [-0.05, 0) is 31.4 Å². The van der Waals surface area contributed by atoms with Gasteiger partial charge in [-0.3, -0.25) is 9.59 Å². The maximum absolute atomic E-state index is 12.9. The summed E-state index contributed by atoms with van der Waals surface area (Å²) in [5, 5.41) is 0. The van der Waals surface area contributed by atoms with Crippen LogP contribution >= 0.6 is 0 Å². The van der Waals surface area contributed by atoms with E-state index in [2.05, 4.69) is 9.97 Å². The number of rotatable bonds is 5. The second-order valence-electron chi connectivity index (χ2n) is 8.58. The van der Waals surface area contributed by atoms with Crippen LogP contribution in [0.4, 0.5) is 0 Å². The van der Waals surface area contributed by atoms with E-state index in [0.29, 0.717) is 56.9 Å². The zero-order valence-electron chi connectivity index (χ0n) is 18.5. The molecule has 2 fully saturated rings. The first kappa shape index (κ1) is 21.5. The molecule has 1 spiro atoms. The van der Waals surface area contributed by atoms with Crippen LogP contribution in [0.15, 0.2) is 24.3 Å². The third-order valence-electron chi connectivity index (χ3n) is 6.68. The minimum Gasteiger partial charge on any atom is -0.480 e. The molecule has 166 valence electrons. The van der Waals surface area contributed by atoms with Crippen molar-refractivity contribution in [2.75, 3.05) is 40.9 Å². The van der Waals surface area contributed by atoms with Crippen LogP contribution in [0.2, 0.25) is 0 Å². The number of likely N-dealkylation sites (N-methyl/N-ethyl adjacent to an activating group) is 1. The van der Waals surface area contributed by atoms with Crippen LogP contribution in [0.25, 0.3) is 11.0 Å². The summed E-state index contributed by atoms with van der Waals surface area (Å²) in [5.74, 6) is 0.724. The normalized spacial score (nSPS) is 21.0. The van der Waals surface area contributed by atoms with Crippen molar-refractivity contribution in [1.29, 1.82) is 0 Å². The average molecular weight is 427 g/mol. The number of likely N-dealkylation sites (tertiary alicyclic amines) is 2. The van der Waals surface area contributed by atoms with E-state index in [1.807, 2.05) is 36.2 Å². The van der Waals surface area contributed by atoms with Gasteiger partial charge >= 0.3 is 0 Å². The molecule has 2 aliphatic heterocycles. The zero-order valence-corrected chi connectivity index (χ0v) is 18.5. The molecule has 1 aromatic heterocycles. The van der Waals surface area contributed by atoms with E-state index in [9.17, 15) is 9.59 Å². The highest BCUT2D eigenvalue weighted by Gasteiger charge is 2.48. The van der Waals surface area contributed by atoms with Crippen LogP contribution in [0.1, 0.15) is 31.4 Å². The van der Waals surface area contributed by atoms with Gasteiger partial charge in [-0.2, -0.15) is 0 Å². The van der Waals surface area contributed by atoms with Crippen molar-refractivity contribution >= 4 is 22.8 Å². The lowest BCUT2D eigenvalue weighted by Gasteiger charge is -2.47. The highest BCUT2D eigenvalue weighted by atomic mass is 16.5. The van der Waals surface area contributed by atoms with E-state index in [1.54, 1.807) is 19.1 Å². The predicted molar refractivity (Wildman–Crippen MR) is 116 cm³/mol. The van der Waals surface area contributed by atoms with Gasteiger partial charge < -0.3 is 19.3 Å². The summed E-state index contributed by atoms with van der Waals surface area (Å²) in [6, 6.07) is 7.62. The largest absolute Gasteiger partial charge is 0.480 e. The molecule has 8 nitrogen and oxygen atoms in total. The molecule has 0 aliphatic carbocycles. The van der Waals surface area contributed by atoms with Crippen molar-refractivity contribution < 1.29 is 19.1 Å². The molecule has 0 radical (unpaired) electrons. The third-order valence-corrected chi connectivity index (χ3v) is 6.68. The monoisotopic (exact) mass is 426 g/mol. The topological polar surface area (TPSA) is 84.9 Å². The van der Waals surface area contributed by atoms with E-state index in [-0.39, 0.29) is 17.9 Å². The van der Waals surface area contributed by atoms with Gasteiger partial charge in [0.1, 0.15) is 5.69 Å². The van der Waals surface area contributed by atoms with E-state index >= 15 is 0 Å². The van der Waals surface area contributed by atoms with Gasteiger partial charge in [0, 0.05) is 46.6 Å². The molecular formula is C23H30N4O4. The van der Waals surface area contributed by atoms with Crippen LogP contribution in [-0.2, 0) is 20.7 Å². The maximum Gasteiger partial charge on any atom is 0.235 e. The molecule has 1 unspecified atom stereocenters. The number of amides is 2. The van der Waals surface area contributed by atoms with Crippen molar-refractivity contribution in [2.45, 2.75) is 38.2 Å². The highest BCUT2D eigenvalue weighted by Crippen LogP contribution is 2.41. The predicted octanol–water partition coefficient (Wildman–Crippen LogP) is 2.06. The summed E-state index contributed by atoms with van der Waals surface area (Å²) in [6.07, 6.45) is 2.96. The summed E-state index contributed by atoms with van der Waals surface area (Å²) in [5.41, 5.74) is 1.85. The number of aryl methyl sites for hydroxylation is 1. The Morgan fingerprint density at radius 1 is 1.16 bits per heavy atom. The molecular weight excluding hydrogens is 396 g/mol. The van der Waals surface area contributed by atoms with Gasteiger partial charge in [0.25, 0.3) is 0 Å². The molecule has 0 N–H and O–H groups in total. The van der Waals surface area contributed by atoms with Crippen molar-refractivity contribution in [3.63, 3.8) is 0 Å². The van der Waals surface area contributed by atoms with E-state index in [4.69, 9.17) is 9.47 Å². The van der Waals surface area contributed by atoms with Crippen molar-refractivity contribution in [3.8, 4) is 5.88 Å². The molecule has 0 bridgehead atoms. The minimum atomic E-state index is -0.405. The molecule has 2 amide bonds. The van der Waals surface area contributed by atoms with E-state index < -0.39 is 5.41 Å². The fraction of sp³-hybridized carbons (Fsp3) is 0.565. The van der Waals surface area contributed by atoms with Gasteiger partial charge in [-0.1, -0.05) is 12.1 Å². The smallest absolute Gasteiger partial charge is 0.235 e. The number of carbonyl (C=O) groups excluding carboxylic acids is 2. The molecule has 2 aliphatic rings. The van der Waals surface area contributed by atoms with Crippen LogP contribution in [0.5, 0.6) is 5.88 Å². The fourth-order valence-electron chi connectivity index (χ4n) is 4.87. The number of hydrogen-bond donors (Lipinski definition) is 0. The van der Waals surface area contributed by atoms with Crippen LogP contribution in [0.3, 0.4) is 0 Å². The van der Waals surface area contributed by atoms with Crippen LogP contribution < -0.4 is 4.74 Å². The minimum absolute atomic E-state index is 0.0592. The second kappa shape index (κ2) is 8.78. The van der Waals surface area contributed by atoms with Gasteiger partial charge in [-0.15, -0.1) is 0 Å². The first-order valence-electron chi connectivity index (χ1n) is 10.8. The van der Waals surface area contributed by atoms with Crippen molar-refractivity contribution in [2.24, 2.45) is 5.41 Å². The maximum atomic E-state index is 12.9. The second-order valence-corrected chi connectivity index (χ2v) is 8.58.